The van der Waals surface area contributed by atoms with Crippen molar-refractivity contribution in [2.75, 3.05) is 60.4 Å². The van der Waals surface area contributed by atoms with Crippen LogP contribution >= 0.6 is 0 Å². The summed E-state index contributed by atoms with van der Waals surface area (Å²) in [6.07, 6.45) is 2.62. The number of fused-ring (bicyclic) bond motifs is 1. The maximum Gasteiger partial charge on any atom is 0.195 e. The second kappa shape index (κ2) is 10.5. The predicted octanol–water partition coefficient (Wildman–Crippen LogP) is 4.47. The van der Waals surface area contributed by atoms with Crippen LogP contribution in [0.5, 0.6) is 0 Å². The number of nitrogens with one attached hydrogen (secondary N) is 3. The minimum absolute atomic E-state index is 0.0309. The van der Waals surface area contributed by atoms with Gasteiger partial charge in [-0.05, 0) is 37.1 Å². The molecule has 2 aromatic carbocycles. The van der Waals surface area contributed by atoms with E-state index in [1.54, 1.807) is 6.21 Å². The first-order chi connectivity index (χ1) is 18.5. The highest BCUT2D eigenvalue weighted by atomic mass is 19.1. The minimum atomic E-state index is -1.04. The van der Waals surface area contributed by atoms with Crippen LogP contribution in [0.25, 0.3) is 0 Å². The fraction of sp³-hybridized carbons (Fsp3) is 0.385. The van der Waals surface area contributed by atoms with Gasteiger partial charge in [0.25, 0.3) is 0 Å². The molecule has 1 aromatic heterocycles. The summed E-state index contributed by atoms with van der Waals surface area (Å²) in [6, 6.07) is 9.41. The Hall–Kier alpha value is -3.77. The van der Waals surface area contributed by atoms with Crippen LogP contribution in [0.3, 0.4) is 0 Å². The van der Waals surface area contributed by atoms with Gasteiger partial charge < -0.3 is 30.3 Å². The van der Waals surface area contributed by atoms with Gasteiger partial charge >= 0.3 is 0 Å². The fourth-order valence-electron chi connectivity index (χ4n) is 4.92. The van der Waals surface area contributed by atoms with Crippen LogP contribution in [-0.2, 0) is 9.47 Å². The Morgan fingerprint density at radius 2 is 1.61 bits per heavy atom. The molecule has 6 rings (SSSR count). The van der Waals surface area contributed by atoms with Crippen LogP contribution in [-0.4, -0.2) is 61.8 Å². The summed E-state index contributed by atoms with van der Waals surface area (Å²) < 4.78 is 54.9. The lowest BCUT2D eigenvalue weighted by Gasteiger charge is -2.29. The maximum atomic E-state index is 14.4. The number of rotatable bonds is 6. The second-order valence-corrected chi connectivity index (χ2v) is 9.38. The Balaban J connectivity index is 1.24. The number of anilines is 5. The lowest BCUT2D eigenvalue weighted by atomic mass is 10.1. The smallest absolute Gasteiger partial charge is 0.195 e. The van der Waals surface area contributed by atoms with Crippen molar-refractivity contribution in [3.8, 4) is 0 Å². The van der Waals surface area contributed by atoms with Gasteiger partial charge in [-0.15, -0.1) is 0 Å². The van der Waals surface area contributed by atoms with Crippen molar-refractivity contribution in [3.05, 3.63) is 59.4 Å². The van der Waals surface area contributed by atoms with Gasteiger partial charge in [-0.2, -0.15) is 5.10 Å². The average Bonchev–Trinajstić information content (AvgIpc) is 3.29. The highest BCUT2D eigenvalue weighted by molar-refractivity contribution is 5.96. The third kappa shape index (κ3) is 5.01. The van der Waals surface area contributed by atoms with Gasteiger partial charge in [0.2, 0.25) is 0 Å². The second-order valence-electron chi connectivity index (χ2n) is 9.38. The van der Waals surface area contributed by atoms with E-state index in [4.69, 9.17) is 9.47 Å². The van der Waals surface area contributed by atoms with Crippen LogP contribution in [0, 0.1) is 17.5 Å². The van der Waals surface area contributed by atoms with Gasteiger partial charge in [-0.25, -0.2) is 22.8 Å². The summed E-state index contributed by atoms with van der Waals surface area (Å²) in [5, 5.41) is 14.1. The van der Waals surface area contributed by atoms with Crippen LogP contribution in [0.1, 0.15) is 24.4 Å². The molecule has 4 heterocycles. The van der Waals surface area contributed by atoms with Crippen molar-refractivity contribution in [1.29, 1.82) is 0 Å². The van der Waals surface area contributed by atoms with Gasteiger partial charge in [-0.1, -0.05) is 0 Å². The predicted molar refractivity (Wildman–Crippen MR) is 139 cm³/mol. The molecule has 3 N–H and O–H groups in total. The van der Waals surface area contributed by atoms with Crippen molar-refractivity contribution in [2.45, 2.75) is 25.2 Å². The maximum absolute atomic E-state index is 14.4. The largest absolute Gasteiger partial charge is 0.381 e. The van der Waals surface area contributed by atoms with E-state index in [0.29, 0.717) is 36.7 Å². The lowest BCUT2D eigenvalue weighted by molar-refractivity contribution is 0.0668. The molecule has 0 spiro atoms. The molecular formula is C26H28F3N7O2. The molecule has 38 heavy (non-hydrogen) atoms. The number of hydrogen-bond donors (Lipinski definition) is 3. The molecule has 1 unspecified atom stereocenters. The number of aromatic nitrogens is 2. The number of halogens is 3. The highest BCUT2D eigenvalue weighted by Gasteiger charge is 2.29. The molecule has 3 aliphatic rings. The number of morpholine rings is 1. The van der Waals surface area contributed by atoms with Gasteiger partial charge in [0.05, 0.1) is 24.8 Å². The minimum Gasteiger partial charge on any atom is -0.381 e. The summed E-state index contributed by atoms with van der Waals surface area (Å²) >= 11 is 0. The van der Waals surface area contributed by atoms with Gasteiger partial charge in [-0.3, -0.25) is 0 Å². The average molecular weight is 528 g/mol. The molecule has 2 saturated heterocycles. The Bertz CT molecular complexity index is 1300. The molecular weight excluding hydrogens is 499 g/mol. The van der Waals surface area contributed by atoms with Crippen LogP contribution in [0.4, 0.5) is 41.9 Å². The molecule has 0 amide bonds. The SMILES string of the molecule is Fc1cc(F)c(Nc2nn(C3CCOCC3)c3c2C=NC(Nc2ccc(N4CCOCC4)cc2)N3)c(F)c1. The van der Waals surface area contributed by atoms with Crippen molar-refractivity contribution in [3.63, 3.8) is 0 Å². The summed E-state index contributed by atoms with van der Waals surface area (Å²) in [4.78, 5) is 6.84. The number of benzene rings is 2. The van der Waals surface area contributed by atoms with Crippen molar-refractivity contribution in [2.24, 2.45) is 4.99 Å². The third-order valence-electron chi connectivity index (χ3n) is 6.91. The summed E-state index contributed by atoms with van der Waals surface area (Å²) in [5.41, 5.74) is 2.10. The monoisotopic (exact) mass is 527 g/mol. The number of nitrogens with zero attached hydrogens (tertiary/aromatic N) is 4. The van der Waals surface area contributed by atoms with E-state index >= 15 is 0 Å². The molecule has 0 saturated carbocycles. The van der Waals surface area contributed by atoms with Crippen LogP contribution in [0.15, 0.2) is 41.4 Å². The fourth-order valence-corrected chi connectivity index (χ4v) is 4.92. The van der Waals surface area contributed by atoms with E-state index in [0.717, 1.165) is 50.5 Å². The molecule has 3 aliphatic heterocycles. The van der Waals surface area contributed by atoms with E-state index in [1.165, 1.54) is 0 Å². The molecule has 3 aromatic rings. The normalized spacial score (nSPS) is 19.7. The van der Waals surface area contributed by atoms with E-state index in [1.807, 2.05) is 16.8 Å². The third-order valence-corrected chi connectivity index (χ3v) is 6.91. The zero-order chi connectivity index (χ0) is 26.1. The molecule has 0 bridgehead atoms. The number of ether oxygens (including phenoxy) is 2. The van der Waals surface area contributed by atoms with Gasteiger partial charge in [0.1, 0.15) is 17.3 Å². The molecule has 9 nitrogen and oxygen atoms in total. The highest BCUT2D eigenvalue weighted by Crippen LogP contribution is 2.35. The molecule has 200 valence electrons. The molecule has 0 radical (unpaired) electrons. The standard InChI is InChI=1S/C26H28F3N7O2/c27-16-13-21(28)23(22(29)14-16)32-24-20-15-30-26(33-25(20)36(34-24)19-5-9-37-10-6-19)31-17-1-3-18(4-2-17)35-7-11-38-12-8-35/h1-4,13-15,19,26,31,33H,5-12H2,(H,32,34). The quantitative estimate of drug-likeness (QED) is 0.436. The Labute approximate surface area is 217 Å². The van der Waals surface area contributed by atoms with E-state index in [2.05, 4.69) is 43.1 Å². The molecule has 12 heteroatoms. The zero-order valence-corrected chi connectivity index (χ0v) is 20.6. The van der Waals surface area contributed by atoms with E-state index < -0.39 is 29.4 Å². The van der Waals surface area contributed by atoms with Crippen molar-refractivity contribution in [1.82, 2.24) is 9.78 Å². The number of aliphatic imine (C=N–C) groups is 1. The Morgan fingerprint density at radius 1 is 0.921 bits per heavy atom. The number of hydrogen-bond acceptors (Lipinski definition) is 8. The summed E-state index contributed by atoms with van der Waals surface area (Å²) in [5.74, 6) is -2.19. The lowest BCUT2D eigenvalue weighted by Crippen LogP contribution is -2.36. The van der Waals surface area contributed by atoms with E-state index in [9.17, 15) is 13.2 Å². The van der Waals surface area contributed by atoms with Crippen LogP contribution < -0.4 is 20.9 Å². The topological polar surface area (TPSA) is 88.0 Å². The molecule has 0 aliphatic carbocycles. The summed E-state index contributed by atoms with van der Waals surface area (Å²) in [7, 11) is 0. The first-order valence-electron chi connectivity index (χ1n) is 12.7. The van der Waals surface area contributed by atoms with Crippen molar-refractivity contribution >= 4 is 34.9 Å². The zero-order valence-electron chi connectivity index (χ0n) is 20.6. The Morgan fingerprint density at radius 3 is 2.32 bits per heavy atom. The van der Waals surface area contributed by atoms with Gasteiger partial charge in [0, 0.05) is 56.0 Å². The molecule has 1 atom stereocenters. The van der Waals surface area contributed by atoms with Gasteiger partial charge in [0.15, 0.2) is 23.7 Å². The first kappa shape index (κ1) is 24.6. The Kier molecular flexibility index (Phi) is 6.81. The summed E-state index contributed by atoms with van der Waals surface area (Å²) in [6.45, 7) is 4.36. The molecule has 2 fully saturated rings. The first-order valence-corrected chi connectivity index (χ1v) is 12.7. The van der Waals surface area contributed by atoms with Crippen LogP contribution in [0.2, 0.25) is 0 Å². The van der Waals surface area contributed by atoms with E-state index in [-0.39, 0.29) is 11.9 Å². The van der Waals surface area contributed by atoms with Crippen molar-refractivity contribution < 1.29 is 22.6 Å².